The van der Waals surface area contributed by atoms with Crippen LogP contribution in [0.5, 0.6) is 0 Å². The summed E-state index contributed by atoms with van der Waals surface area (Å²) in [6, 6.07) is 0. The van der Waals surface area contributed by atoms with Gasteiger partial charge in [-0.25, -0.2) is 4.79 Å². The SMILES string of the molecule is CC1CCCC(NC(=O)CNC(=O)C(C)(C)C)(C(=O)O)C1. The van der Waals surface area contributed by atoms with E-state index in [0.29, 0.717) is 12.8 Å². The Hall–Kier alpha value is -1.59. The molecule has 6 nitrogen and oxygen atoms in total. The third kappa shape index (κ3) is 4.72. The van der Waals surface area contributed by atoms with Gasteiger partial charge in [0, 0.05) is 5.41 Å². The highest BCUT2D eigenvalue weighted by Crippen LogP contribution is 2.32. The average Bonchev–Trinajstić information content (AvgIpc) is 2.34. The molecule has 0 spiro atoms. The third-order valence-corrected chi connectivity index (χ3v) is 3.88. The zero-order chi connectivity index (χ0) is 16.3. The fraction of sp³-hybridized carbons (Fsp3) is 0.800. The van der Waals surface area contributed by atoms with Gasteiger partial charge in [-0.05, 0) is 18.8 Å². The van der Waals surface area contributed by atoms with E-state index in [1.807, 2.05) is 6.92 Å². The van der Waals surface area contributed by atoms with Gasteiger partial charge in [0.25, 0.3) is 0 Å². The molecule has 6 heteroatoms. The lowest BCUT2D eigenvalue weighted by Crippen LogP contribution is -2.58. The molecule has 0 aromatic heterocycles. The van der Waals surface area contributed by atoms with Crippen molar-refractivity contribution in [3.8, 4) is 0 Å². The number of nitrogens with one attached hydrogen (secondary N) is 2. The number of aliphatic carboxylic acids is 1. The predicted molar refractivity (Wildman–Crippen MR) is 78.6 cm³/mol. The van der Waals surface area contributed by atoms with Crippen LogP contribution in [-0.2, 0) is 14.4 Å². The first kappa shape index (κ1) is 17.5. The van der Waals surface area contributed by atoms with Gasteiger partial charge in [0.05, 0.1) is 6.54 Å². The fourth-order valence-corrected chi connectivity index (χ4v) is 2.65. The number of rotatable bonds is 4. The van der Waals surface area contributed by atoms with E-state index < -0.39 is 22.8 Å². The van der Waals surface area contributed by atoms with Gasteiger partial charge < -0.3 is 15.7 Å². The molecule has 1 rings (SSSR count). The molecule has 0 aromatic rings. The molecule has 1 saturated carbocycles. The van der Waals surface area contributed by atoms with Crippen LogP contribution in [0.25, 0.3) is 0 Å². The molecular formula is C15H26N2O4. The lowest BCUT2D eigenvalue weighted by atomic mass is 9.76. The van der Waals surface area contributed by atoms with Crippen LogP contribution in [0.15, 0.2) is 0 Å². The summed E-state index contributed by atoms with van der Waals surface area (Å²) < 4.78 is 0. The van der Waals surface area contributed by atoms with Crippen molar-refractivity contribution in [1.29, 1.82) is 0 Å². The first-order valence-corrected chi connectivity index (χ1v) is 7.39. The van der Waals surface area contributed by atoms with E-state index in [9.17, 15) is 19.5 Å². The van der Waals surface area contributed by atoms with Crippen molar-refractivity contribution >= 4 is 17.8 Å². The molecule has 2 atom stereocenters. The summed E-state index contributed by atoms with van der Waals surface area (Å²) in [5.74, 6) is -1.42. The van der Waals surface area contributed by atoms with E-state index >= 15 is 0 Å². The Kier molecular flexibility index (Phi) is 5.36. The van der Waals surface area contributed by atoms with Crippen molar-refractivity contribution in [2.75, 3.05) is 6.54 Å². The minimum absolute atomic E-state index is 0.195. The first-order valence-electron chi connectivity index (χ1n) is 7.39. The highest BCUT2D eigenvalue weighted by atomic mass is 16.4. The Morgan fingerprint density at radius 1 is 1.29 bits per heavy atom. The molecule has 0 saturated heterocycles. The standard InChI is InChI=1S/C15H26N2O4/c1-10-6-5-7-15(8-10,13(20)21)17-11(18)9-16-12(19)14(2,3)4/h10H,5-9H2,1-4H3,(H,16,19)(H,17,18)(H,20,21). The number of carboxylic acid groups (broad SMARTS) is 1. The van der Waals surface area contributed by atoms with Crippen molar-refractivity contribution in [2.24, 2.45) is 11.3 Å². The zero-order valence-corrected chi connectivity index (χ0v) is 13.3. The summed E-state index contributed by atoms with van der Waals surface area (Å²) >= 11 is 0. The fourth-order valence-electron chi connectivity index (χ4n) is 2.65. The lowest BCUT2D eigenvalue weighted by molar-refractivity contribution is -0.150. The Morgan fingerprint density at radius 3 is 2.38 bits per heavy atom. The van der Waals surface area contributed by atoms with Crippen LogP contribution in [0.2, 0.25) is 0 Å². The minimum atomic E-state index is -1.19. The van der Waals surface area contributed by atoms with Gasteiger partial charge in [0.1, 0.15) is 5.54 Å². The van der Waals surface area contributed by atoms with Crippen LogP contribution in [-0.4, -0.2) is 35.0 Å². The summed E-state index contributed by atoms with van der Waals surface area (Å²) in [6.45, 7) is 7.05. The summed E-state index contributed by atoms with van der Waals surface area (Å²) in [5.41, 5.74) is -1.77. The summed E-state index contributed by atoms with van der Waals surface area (Å²) in [4.78, 5) is 35.2. The number of carbonyl (C=O) groups is 3. The maximum atomic E-state index is 12.0. The van der Waals surface area contributed by atoms with Crippen molar-refractivity contribution < 1.29 is 19.5 Å². The Balaban J connectivity index is 2.62. The van der Waals surface area contributed by atoms with Crippen LogP contribution in [0, 0.1) is 11.3 Å². The van der Waals surface area contributed by atoms with Crippen molar-refractivity contribution in [2.45, 2.75) is 58.9 Å². The summed E-state index contributed by atoms with van der Waals surface area (Å²) in [7, 11) is 0. The highest BCUT2D eigenvalue weighted by Gasteiger charge is 2.43. The smallest absolute Gasteiger partial charge is 0.329 e. The zero-order valence-electron chi connectivity index (χ0n) is 13.3. The second kappa shape index (κ2) is 6.45. The van der Waals surface area contributed by atoms with Crippen LogP contribution in [0.1, 0.15) is 53.4 Å². The van der Waals surface area contributed by atoms with Crippen molar-refractivity contribution in [3.05, 3.63) is 0 Å². The molecule has 1 aliphatic rings. The van der Waals surface area contributed by atoms with Crippen LogP contribution < -0.4 is 10.6 Å². The van der Waals surface area contributed by atoms with E-state index in [1.54, 1.807) is 20.8 Å². The molecule has 3 N–H and O–H groups in total. The van der Waals surface area contributed by atoms with Crippen LogP contribution in [0.3, 0.4) is 0 Å². The van der Waals surface area contributed by atoms with Gasteiger partial charge in [0.2, 0.25) is 11.8 Å². The molecule has 0 heterocycles. The topological polar surface area (TPSA) is 95.5 Å². The average molecular weight is 298 g/mol. The monoisotopic (exact) mass is 298 g/mol. The van der Waals surface area contributed by atoms with Crippen LogP contribution in [0.4, 0.5) is 0 Å². The van der Waals surface area contributed by atoms with E-state index in [-0.39, 0.29) is 18.4 Å². The molecule has 1 fully saturated rings. The molecule has 0 bridgehead atoms. The molecular weight excluding hydrogens is 272 g/mol. The van der Waals surface area contributed by atoms with Gasteiger partial charge in [-0.3, -0.25) is 9.59 Å². The quantitative estimate of drug-likeness (QED) is 0.729. The number of hydrogen-bond acceptors (Lipinski definition) is 3. The molecule has 0 radical (unpaired) electrons. The number of carbonyl (C=O) groups excluding carboxylic acids is 2. The van der Waals surface area contributed by atoms with Gasteiger partial charge in [-0.1, -0.05) is 40.5 Å². The molecule has 1 aliphatic carbocycles. The van der Waals surface area contributed by atoms with E-state index in [2.05, 4.69) is 10.6 Å². The second-order valence-electron chi connectivity index (χ2n) is 7.07. The van der Waals surface area contributed by atoms with Crippen molar-refractivity contribution in [3.63, 3.8) is 0 Å². The number of hydrogen-bond donors (Lipinski definition) is 3. The predicted octanol–water partition coefficient (Wildman–Crippen LogP) is 1.30. The number of carboxylic acids is 1. The lowest BCUT2D eigenvalue weighted by Gasteiger charge is -2.37. The summed E-state index contributed by atoms with van der Waals surface area (Å²) in [6.07, 6.45) is 2.63. The Morgan fingerprint density at radius 2 is 1.90 bits per heavy atom. The highest BCUT2D eigenvalue weighted by molar-refractivity contribution is 5.91. The van der Waals surface area contributed by atoms with Gasteiger partial charge >= 0.3 is 5.97 Å². The molecule has 2 amide bonds. The largest absolute Gasteiger partial charge is 0.480 e. The maximum absolute atomic E-state index is 12.0. The molecule has 0 aromatic carbocycles. The summed E-state index contributed by atoms with van der Waals surface area (Å²) in [5, 5.41) is 14.6. The van der Waals surface area contributed by atoms with Gasteiger partial charge in [-0.15, -0.1) is 0 Å². The van der Waals surface area contributed by atoms with Gasteiger partial charge in [0.15, 0.2) is 0 Å². The number of amides is 2. The van der Waals surface area contributed by atoms with E-state index in [1.165, 1.54) is 0 Å². The molecule has 0 aliphatic heterocycles. The maximum Gasteiger partial charge on any atom is 0.329 e. The Labute approximate surface area is 125 Å². The Bertz CT molecular complexity index is 428. The minimum Gasteiger partial charge on any atom is -0.480 e. The molecule has 120 valence electrons. The third-order valence-electron chi connectivity index (χ3n) is 3.88. The van der Waals surface area contributed by atoms with Crippen LogP contribution >= 0.6 is 0 Å². The van der Waals surface area contributed by atoms with E-state index in [4.69, 9.17) is 0 Å². The normalized spacial score (nSPS) is 26.0. The molecule has 21 heavy (non-hydrogen) atoms. The van der Waals surface area contributed by atoms with E-state index in [0.717, 1.165) is 12.8 Å². The first-order chi connectivity index (χ1) is 9.57. The van der Waals surface area contributed by atoms with Crippen molar-refractivity contribution in [1.82, 2.24) is 10.6 Å². The van der Waals surface area contributed by atoms with Gasteiger partial charge in [-0.2, -0.15) is 0 Å². The second-order valence-corrected chi connectivity index (χ2v) is 7.07. The molecule has 2 unspecified atom stereocenters.